The van der Waals surface area contributed by atoms with Crippen molar-refractivity contribution in [2.45, 2.75) is 18.9 Å². The first-order valence-electron chi connectivity index (χ1n) is 8.17. The Balaban J connectivity index is 1.55. The molecule has 7 nitrogen and oxygen atoms in total. The number of anilines is 1. The Kier molecular flexibility index (Phi) is 4.07. The zero-order valence-corrected chi connectivity index (χ0v) is 13.5. The second kappa shape index (κ2) is 6.52. The van der Waals surface area contributed by atoms with E-state index in [-0.39, 0.29) is 11.6 Å². The number of nitrogens with one attached hydrogen (secondary N) is 1. The monoisotopic (exact) mass is 339 g/mol. The van der Waals surface area contributed by atoms with E-state index >= 15 is 0 Å². The Morgan fingerprint density at radius 1 is 1.24 bits per heavy atom. The summed E-state index contributed by atoms with van der Waals surface area (Å²) in [5.41, 5.74) is 0.311. The minimum Gasteiger partial charge on any atom is -0.422 e. The van der Waals surface area contributed by atoms with Gasteiger partial charge in [0.2, 0.25) is 0 Å². The molecule has 1 aliphatic rings. The highest BCUT2D eigenvalue weighted by Crippen LogP contribution is 2.21. The molecule has 128 valence electrons. The molecule has 0 atom stereocenters. The van der Waals surface area contributed by atoms with Crippen molar-refractivity contribution in [1.82, 2.24) is 9.78 Å². The number of para-hydroxylation sites is 1. The number of rotatable bonds is 3. The number of hydrogen-bond donors (Lipinski definition) is 1. The number of hydrogen-bond acceptors (Lipinski definition) is 5. The van der Waals surface area contributed by atoms with E-state index in [0.717, 1.165) is 12.8 Å². The molecule has 1 fully saturated rings. The van der Waals surface area contributed by atoms with Crippen LogP contribution in [0.5, 0.6) is 0 Å². The lowest BCUT2D eigenvalue weighted by atomic mass is 10.1. The molecule has 1 N–H and O–H groups in total. The van der Waals surface area contributed by atoms with Crippen LogP contribution in [0, 0.1) is 0 Å². The zero-order chi connectivity index (χ0) is 17.2. The van der Waals surface area contributed by atoms with Crippen LogP contribution in [0.4, 0.5) is 5.69 Å². The van der Waals surface area contributed by atoms with Gasteiger partial charge < -0.3 is 14.5 Å². The van der Waals surface area contributed by atoms with E-state index in [1.54, 1.807) is 36.7 Å². The van der Waals surface area contributed by atoms with Crippen LogP contribution in [0.15, 0.2) is 51.9 Å². The Bertz CT molecular complexity index is 970. The first-order valence-corrected chi connectivity index (χ1v) is 8.17. The molecule has 7 heteroatoms. The largest absolute Gasteiger partial charge is 0.422 e. The molecule has 1 amide bonds. The van der Waals surface area contributed by atoms with Gasteiger partial charge in [-0.1, -0.05) is 18.2 Å². The molecule has 0 aliphatic carbocycles. The van der Waals surface area contributed by atoms with Crippen molar-refractivity contribution in [3.05, 3.63) is 58.7 Å². The molecular weight excluding hydrogens is 322 g/mol. The van der Waals surface area contributed by atoms with Gasteiger partial charge in [0.05, 0.1) is 17.9 Å². The Labute approximate surface area is 143 Å². The Hall–Kier alpha value is -2.93. The summed E-state index contributed by atoms with van der Waals surface area (Å²) in [4.78, 5) is 24.5. The number of carbonyl (C=O) groups excluding carboxylic acids is 1. The number of fused-ring (bicyclic) bond motifs is 1. The van der Waals surface area contributed by atoms with Gasteiger partial charge in [-0.25, -0.2) is 4.79 Å². The van der Waals surface area contributed by atoms with Gasteiger partial charge in [-0.05, 0) is 25.0 Å². The number of amides is 1. The van der Waals surface area contributed by atoms with Crippen molar-refractivity contribution < 1.29 is 13.9 Å². The van der Waals surface area contributed by atoms with E-state index in [1.165, 1.54) is 0 Å². The molecule has 0 bridgehead atoms. The van der Waals surface area contributed by atoms with Crippen LogP contribution in [0.25, 0.3) is 11.0 Å². The number of carbonyl (C=O) groups is 1. The highest BCUT2D eigenvalue weighted by molar-refractivity contribution is 6.05. The minimum absolute atomic E-state index is 0.0301. The topological polar surface area (TPSA) is 86.4 Å². The summed E-state index contributed by atoms with van der Waals surface area (Å²) in [5.74, 6) is -0.508. The highest BCUT2D eigenvalue weighted by atomic mass is 16.5. The summed E-state index contributed by atoms with van der Waals surface area (Å²) < 4.78 is 12.4. The zero-order valence-electron chi connectivity index (χ0n) is 13.5. The second-order valence-electron chi connectivity index (χ2n) is 5.99. The van der Waals surface area contributed by atoms with Gasteiger partial charge >= 0.3 is 5.63 Å². The lowest BCUT2D eigenvalue weighted by Gasteiger charge is -2.22. The molecule has 1 aliphatic heterocycles. The van der Waals surface area contributed by atoms with Crippen molar-refractivity contribution in [3.63, 3.8) is 0 Å². The summed E-state index contributed by atoms with van der Waals surface area (Å²) in [5, 5.41) is 7.71. The molecule has 0 spiro atoms. The summed E-state index contributed by atoms with van der Waals surface area (Å²) in [7, 11) is 0. The van der Waals surface area contributed by atoms with E-state index in [9.17, 15) is 9.59 Å². The molecule has 0 saturated carbocycles. The van der Waals surface area contributed by atoms with Gasteiger partial charge in [-0.2, -0.15) is 5.10 Å². The average Bonchev–Trinajstić information content (AvgIpc) is 3.10. The summed E-state index contributed by atoms with van der Waals surface area (Å²) in [6, 6.07) is 8.89. The van der Waals surface area contributed by atoms with Gasteiger partial charge in [0.15, 0.2) is 0 Å². The SMILES string of the molecule is O=C(Nc1cnn(C2CCOCC2)c1)c1cc2ccccc2oc1=O. The van der Waals surface area contributed by atoms with E-state index in [0.29, 0.717) is 29.9 Å². The number of nitrogens with zero attached hydrogens (tertiary/aromatic N) is 2. The van der Waals surface area contributed by atoms with Gasteiger partial charge in [-0.15, -0.1) is 0 Å². The lowest BCUT2D eigenvalue weighted by Crippen LogP contribution is -2.21. The summed E-state index contributed by atoms with van der Waals surface area (Å²) in [6.07, 6.45) is 5.14. The molecule has 1 aromatic carbocycles. The van der Waals surface area contributed by atoms with Gasteiger partial charge in [0, 0.05) is 24.8 Å². The molecule has 1 saturated heterocycles. The molecular formula is C18H17N3O4. The molecule has 25 heavy (non-hydrogen) atoms. The summed E-state index contributed by atoms with van der Waals surface area (Å²) in [6.45, 7) is 1.43. The van der Waals surface area contributed by atoms with Crippen LogP contribution in [0.2, 0.25) is 0 Å². The molecule has 3 heterocycles. The fourth-order valence-electron chi connectivity index (χ4n) is 2.97. The Morgan fingerprint density at radius 3 is 2.88 bits per heavy atom. The lowest BCUT2D eigenvalue weighted by molar-refractivity contribution is 0.0662. The Morgan fingerprint density at radius 2 is 2.04 bits per heavy atom. The molecule has 0 radical (unpaired) electrons. The maximum atomic E-state index is 12.4. The number of benzene rings is 1. The van der Waals surface area contributed by atoms with Crippen LogP contribution in [0.1, 0.15) is 29.2 Å². The molecule has 4 rings (SSSR count). The normalized spacial score (nSPS) is 15.4. The fourth-order valence-corrected chi connectivity index (χ4v) is 2.97. The van der Waals surface area contributed by atoms with E-state index in [4.69, 9.17) is 9.15 Å². The van der Waals surface area contributed by atoms with Crippen LogP contribution in [0.3, 0.4) is 0 Å². The van der Waals surface area contributed by atoms with Crippen molar-refractivity contribution in [1.29, 1.82) is 0 Å². The third kappa shape index (κ3) is 3.18. The van der Waals surface area contributed by atoms with Gasteiger partial charge in [0.25, 0.3) is 5.91 Å². The minimum atomic E-state index is -0.659. The smallest absolute Gasteiger partial charge is 0.349 e. The first-order chi connectivity index (χ1) is 12.2. The standard InChI is InChI=1S/C18H17N3O4/c22-17(15-9-12-3-1-2-4-16(12)25-18(15)23)20-13-10-19-21(11-13)14-5-7-24-8-6-14/h1-4,9-11,14H,5-8H2,(H,20,22). The van der Waals surface area contributed by atoms with Crippen LogP contribution < -0.4 is 10.9 Å². The van der Waals surface area contributed by atoms with Crippen molar-refractivity contribution in [3.8, 4) is 0 Å². The predicted octanol–water partition coefficient (Wildman–Crippen LogP) is 2.59. The van der Waals surface area contributed by atoms with Crippen LogP contribution >= 0.6 is 0 Å². The van der Waals surface area contributed by atoms with Crippen LogP contribution in [-0.4, -0.2) is 28.9 Å². The van der Waals surface area contributed by atoms with E-state index in [1.807, 2.05) is 10.7 Å². The van der Waals surface area contributed by atoms with Gasteiger partial charge in [-0.3, -0.25) is 9.48 Å². The van der Waals surface area contributed by atoms with E-state index < -0.39 is 11.5 Å². The molecule has 3 aromatic rings. The van der Waals surface area contributed by atoms with Gasteiger partial charge in [0.1, 0.15) is 11.1 Å². The predicted molar refractivity (Wildman–Crippen MR) is 91.8 cm³/mol. The second-order valence-corrected chi connectivity index (χ2v) is 5.99. The third-order valence-electron chi connectivity index (χ3n) is 4.31. The quantitative estimate of drug-likeness (QED) is 0.741. The van der Waals surface area contributed by atoms with Crippen molar-refractivity contribution in [2.24, 2.45) is 0 Å². The maximum absolute atomic E-state index is 12.4. The number of aromatic nitrogens is 2. The van der Waals surface area contributed by atoms with Crippen molar-refractivity contribution in [2.75, 3.05) is 18.5 Å². The fraction of sp³-hybridized carbons (Fsp3) is 0.278. The first kappa shape index (κ1) is 15.6. The van der Waals surface area contributed by atoms with E-state index in [2.05, 4.69) is 10.4 Å². The maximum Gasteiger partial charge on any atom is 0.349 e. The molecule has 0 unspecified atom stereocenters. The van der Waals surface area contributed by atoms with Crippen LogP contribution in [-0.2, 0) is 4.74 Å². The third-order valence-corrected chi connectivity index (χ3v) is 4.31. The summed E-state index contributed by atoms with van der Waals surface area (Å²) >= 11 is 0. The number of ether oxygens (including phenoxy) is 1. The highest BCUT2D eigenvalue weighted by Gasteiger charge is 2.18. The molecule has 2 aromatic heterocycles. The van der Waals surface area contributed by atoms with Crippen molar-refractivity contribution >= 4 is 22.6 Å². The average molecular weight is 339 g/mol.